The molecule has 3 aromatic heterocycles. The molecule has 0 saturated carbocycles. The van der Waals surface area contributed by atoms with Crippen LogP contribution in [0.2, 0.25) is 0 Å². The SMILES string of the molecule is C=CC.CC1(C)c2ccccc2-c2ccc(N(c3ccc(-c4cccnc4)cc3)c3ccc4c(c3)c3ccc5ccn(-c6ccccc6)c5c3n4-c3ccccc3)cc21. The molecule has 0 radical (unpaired) electrons. The summed E-state index contributed by atoms with van der Waals surface area (Å²) in [5, 5.41) is 3.63. The quantitative estimate of drug-likeness (QED) is 0.158. The molecule has 1 aliphatic rings. The van der Waals surface area contributed by atoms with Gasteiger partial charge in [-0.3, -0.25) is 4.98 Å². The van der Waals surface area contributed by atoms with E-state index in [2.05, 4.69) is 215 Å². The zero-order valence-electron chi connectivity index (χ0n) is 33.5. The lowest BCUT2D eigenvalue weighted by Gasteiger charge is -2.28. The molecule has 0 N–H and O–H groups in total. The van der Waals surface area contributed by atoms with Crippen molar-refractivity contribution in [3.63, 3.8) is 0 Å². The third-order valence-corrected chi connectivity index (χ3v) is 11.8. The third kappa shape index (κ3) is 5.95. The van der Waals surface area contributed by atoms with E-state index in [0.717, 1.165) is 39.6 Å². The van der Waals surface area contributed by atoms with Crippen molar-refractivity contribution in [2.75, 3.05) is 4.90 Å². The van der Waals surface area contributed by atoms with Gasteiger partial charge in [0.15, 0.2) is 0 Å². The maximum atomic E-state index is 4.38. The maximum Gasteiger partial charge on any atom is 0.0788 e. The van der Waals surface area contributed by atoms with Gasteiger partial charge in [0.05, 0.1) is 16.6 Å². The van der Waals surface area contributed by atoms with Crippen LogP contribution in [-0.2, 0) is 5.41 Å². The Morgan fingerprint density at radius 2 is 1.22 bits per heavy atom. The molecule has 0 amide bonds. The van der Waals surface area contributed by atoms with Crippen molar-refractivity contribution in [3.05, 3.63) is 218 Å². The second kappa shape index (κ2) is 14.5. The first-order chi connectivity index (χ1) is 29.0. The van der Waals surface area contributed by atoms with Crippen molar-refractivity contribution in [3.8, 4) is 33.6 Å². The van der Waals surface area contributed by atoms with Crippen LogP contribution >= 0.6 is 0 Å². The van der Waals surface area contributed by atoms with E-state index in [1.807, 2.05) is 25.4 Å². The Hall–Kier alpha value is -7.43. The molecule has 7 aromatic carbocycles. The van der Waals surface area contributed by atoms with Gasteiger partial charge < -0.3 is 14.0 Å². The fourth-order valence-electron chi connectivity index (χ4n) is 9.11. The van der Waals surface area contributed by atoms with Gasteiger partial charge in [0.25, 0.3) is 0 Å². The highest BCUT2D eigenvalue weighted by Gasteiger charge is 2.35. The highest BCUT2D eigenvalue weighted by Crippen LogP contribution is 2.51. The molecule has 0 unspecified atom stereocenters. The molecular formula is C55H44N4. The van der Waals surface area contributed by atoms with Crippen LogP contribution in [0.3, 0.4) is 0 Å². The largest absolute Gasteiger partial charge is 0.315 e. The smallest absolute Gasteiger partial charge is 0.0788 e. The van der Waals surface area contributed by atoms with Gasteiger partial charge in [0, 0.05) is 68.6 Å². The molecule has 284 valence electrons. The predicted molar refractivity (Wildman–Crippen MR) is 249 cm³/mol. The van der Waals surface area contributed by atoms with Gasteiger partial charge in [0.2, 0.25) is 0 Å². The number of anilines is 3. The summed E-state index contributed by atoms with van der Waals surface area (Å²) in [7, 11) is 0. The van der Waals surface area contributed by atoms with E-state index < -0.39 is 0 Å². The van der Waals surface area contributed by atoms with Gasteiger partial charge >= 0.3 is 0 Å². The summed E-state index contributed by atoms with van der Waals surface area (Å²) >= 11 is 0. The normalized spacial score (nSPS) is 12.5. The Bertz CT molecular complexity index is 3140. The molecule has 0 fully saturated rings. The van der Waals surface area contributed by atoms with E-state index in [1.54, 1.807) is 6.08 Å². The minimum Gasteiger partial charge on any atom is -0.315 e. The lowest BCUT2D eigenvalue weighted by molar-refractivity contribution is 0.660. The van der Waals surface area contributed by atoms with Crippen LogP contribution < -0.4 is 4.90 Å². The van der Waals surface area contributed by atoms with E-state index in [4.69, 9.17) is 0 Å². The zero-order valence-corrected chi connectivity index (χ0v) is 33.5. The standard InChI is InChI=1S/C52H38N4.C3H6/c1-52(2)47-18-10-9-17-43(47)44-27-24-42(33-48(44)52)55(40-22-19-35(20-23-40)37-12-11-30-53-34-37)41-25-28-49-46(32-41)45-26-21-36-29-31-54(38-13-5-3-6-14-38)50(36)51(45)56(49)39-15-7-4-8-16-39;1-3-2/h3-34H,1-2H3;3H,1H2,2H3. The van der Waals surface area contributed by atoms with Crippen LogP contribution in [0.25, 0.3) is 66.3 Å². The van der Waals surface area contributed by atoms with Crippen LogP contribution in [0.5, 0.6) is 0 Å². The second-order valence-electron chi connectivity index (χ2n) is 15.7. The molecule has 1 aliphatic carbocycles. The molecule has 4 heteroatoms. The predicted octanol–water partition coefficient (Wildman–Crippen LogP) is 14.8. The molecule has 0 atom stereocenters. The van der Waals surface area contributed by atoms with Crippen LogP contribution in [0.15, 0.2) is 207 Å². The Morgan fingerprint density at radius 1 is 0.559 bits per heavy atom. The number of hydrogen-bond donors (Lipinski definition) is 0. The Morgan fingerprint density at radius 3 is 1.97 bits per heavy atom. The van der Waals surface area contributed by atoms with Crippen molar-refractivity contribution in [1.82, 2.24) is 14.1 Å². The fourth-order valence-corrected chi connectivity index (χ4v) is 9.11. The maximum absolute atomic E-state index is 4.38. The van der Waals surface area contributed by atoms with E-state index in [-0.39, 0.29) is 5.41 Å². The van der Waals surface area contributed by atoms with Crippen molar-refractivity contribution in [2.24, 2.45) is 0 Å². The second-order valence-corrected chi connectivity index (χ2v) is 15.7. The monoisotopic (exact) mass is 760 g/mol. The summed E-state index contributed by atoms with van der Waals surface area (Å²) in [5.74, 6) is 0. The summed E-state index contributed by atoms with van der Waals surface area (Å²) in [6.07, 6.45) is 7.69. The summed E-state index contributed by atoms with van der Waals surface area (Å²) in [5.41, 5.74) is 16.6. The molecular weight excluding hydrogens is 717 g/mol. The van der Waals surface area contributed by atoms with Gasteiger partial charge in [-0.2, -0.15) is 0 Å². The summed E-state index contributed by atoms with van der Waals surface area (Å²) < 4.78 is 4.77. The molecule has 59 heavy (non-hydrogen) atoms. The van der Waals surface area contributed by atoms with Crippen molar-refractivity contribution >= 4 is 49.8 Å². The zero-order chi connectivity index (χ0) is 40.1. The van der Waals surface area contributed by atoms with Crippen molar-refractivity contribution in [1.29, 1.82) is 0 Å². The first-order valence-electron chi connectivity index (χ1n) is 20.3. The molecule has 0 spiro atoms. The third-order valence-electron chi connectivity index (χ3n) is 11.8. The topological polar surface area (TPSA) is 26.0 Å². The number of pyridine rings is 1. The lowest BCUT2D eigenvalue weighted by atomic mass is 9.82. The van der Waals surface area contributed by atoms with Gasteiger partial charge in [-0.1, -0.05) is 117 Å². The minimum atomic E-state index is -0.121. The van der Waals surface area contributed by atoms with Gasteiger partial charge in [0.1, 0.15) is 0 Å². The fraction of sp³-hybridized carbons (Fsp3) is 0.0727. The molecule has 10 aromatic rings. The van der Waals surface area contributed by atoms with E-state index in [9.17, 15) is 0 Å². The minimum absolute atomic E-state index is 0.121. The number of para-hydroxylation sites is 2. The van der Waals surface area contributed by atoms with E-state index >= 15 is 0 Å². The highest BCUT2D eigenvalue weighted by molar-refractivity contribution is 6.19. The molecule has 11 rings (SSSR count). The van der Waals surface area contributed by atoms with Gasteiger partial charge in [-0.15, -0.1) is 6.58 Å². The Balaban J connectivity index is 0.00000136. The number of benzene rings is 7. The number of aromatic nitrogens is 3. The van der Waals surface area contributed by atoms with Crippen molar-refractivity contribution < 1.29 is 0 Å². The lowest BCUT2D eigenvalue weighted by Crippen LogP contribution is -2.16. The van der Waals surface area contributed by atoms with Gasteiger partial charge in [-0.05, 0) is 119 Å². The number of allylic oxidation sites excluding steroid dienone is 1. The molecule has 0 bridgehead atoms. The number of fused-ring (bicyclic) bond motifs is 8. The molecule has 3 heterocycles. The van der Waals surface area contributed by atoms with Crippen LogP contribution in [0.4, 0.5) is 17.1 Å². The summed E-state index contributed by atoms with van der Waals surface area (Å²) in [6, 6.07) is 64.1. The molecule has 0 aliphatic heterocycles. The van der Waals surface area contributed by atoms with E-state index in [0.29, 0.717) is 0 Å². The van der Waals surface area contributed by atoms with Crippen LogP contribution in [0.1, 0.15) is 31.9 Å². The van der Waals surface area contributed by atoms with Crippen LogP contribution in [0, 0.1) is 0 Å². The number of hydrogen-bond acceptors (Lipinski definition) is 2. The average Bonchev–Trinajstić information content (AvgIpc) is 3.94. The number of rotatable bonds is 6. The van der Waals surface area contributed by atoms with Crippen LogP contribution in [-0.4, -0.2) is 14.1 Å². The Labute approximate surface area is 345 Å². The van der Waals surface area contributed by atoms with E-state index in [1.165, 1.54) is 55.0 Å². The first kappa shape index (κ1) is 35.9. The molecule has 0 saturated heterocycles. The summed E-state index contributed by atoms with van der Waals surface area (Å²) in [4.78, 5) is 6.80. The summed E-state index contributed by atoms with van der Waals surface area (Å²) in [6.45, 7) is 9.95. The highest BCUT2D eigenvalue weighted by atomic mass is 15.1. The Kier molecular flexibility index (Phi) is 8.83. The number of nitrogens with zero attached hydrogens (tertiary/aromatic N) is 4. The van der Waals surface area contributed by atoms with Crippen molar-refractivity contribution in [2.45, 2.75) is 26.2 Å². The molecule has 4 nitrogen and oxygen atoms in total. The average molecular weight is 761 g/mol. The van der Waals surface area contributed by atoms with Gasteiger partial charge in [-0.25, -0.2) is 0 Å². The first-order valence-corrected chi connectivity index (χ1v) is 20.3.